The van der Waals surface area contributed by atoms with Gasteiger partial charge in [0, 0.05) is 74.5 Å². The second kappa shape index (κ2) is 11.4. The quantitative estimate of drug-likeness (QED) is 0.317. The molecule has 36 heavy (non-hydrogen) atoms. The summed E-state index contributed by atoms with van der Waals surface area (Å²) in [5, 5.41) is 9.56. The van der Waals surface area contributed by atoms with Gasteiger partial charge in [-0.1, -0.05) is 32.5 Å². The fourth-order valence-electron chi connectivity index (χ4n) is 4.27. The zero-order chi connectivity index (χ0) is 24.4. The largest absolute Gasteiger partial charge is 0.354 e. The second-order valence-corrected chi connectivity index (χ2v) is 11.5. The third-order valence-corrected chi connectivity index (χ3v) is 7.68. The van der Waals surface area contributed by atoms with Crippen LogP contribution < -0.4 is 4.90 Å². The van der Waals surface area contributed by atoms with E-state index in [0.29, 0.717) is 5.92 Å². The fraction of sp³-hybridized carbons (Fsp3) is 0.600. The molecule has 2 fully saturated rings. The van der Waals surface area contributed by atoms with Gasteiger partial charge in [-0.05, 0) is 25.8 Å². The number of nitrogens with zero attached hydrogens (tertiary/aromatic N) is 9. The molecule has 9 nitrogen and oxygen atoms in total. The number of halogens is 1. The average Bonchev–Trinajstić information content (AvgIpc) is 3.65. The zero-order valence-electron chi connectivity index (χ0n) is 21.6. The lowest BCUT2D eigenvalue weighted by Gasteiger charge is -2.36. The van der Waals surface area contributed by atoms with E-state index in [2.05, 4.69) is 56.8 Å². The van der Waals surface area contributed by atoms with Gasteiger partial charge in [-0.2, -0.15) is 0 Å². The Hall–Kier alpha value is -2.30. The topological polar surface area (TPSA) is 88.8 Å². The van der Waals surface area contributed by atoms with Crippen molar-refractivity contribution in [2.45, 2.75) is 56.5 Å². The van der Waals surface area contributed by atoms with Gasteiger partial charge in [0.25, 0.3) is 0 Å². The van der Waals surface area contributed by atoms with Gasteiger partial charge in [0.05, 0.1) is 6.20 Å². The normalized spacial score (nSPS) is 16.7. The highest BCUT2D eigenvalue weighted by Crippen LogP contribution is 2.40. The molecular formula is C25H36ClN9S. The van der Waals surface area contributed by atoms with Crippen molar-refractivity contribution in [2.24, 2.45) is 7.05 Å². The van der Waals surface area contributed by atoms with Crippen molar-refractivity contribution in [1.82, 2.24) is 39.6 Å². The average molecular weight is 530 g/mol. The van der Waals surface area contributed by atoms with Crippen molar-refractivity contribution >= 4 is 30.0 Å². The molecule has 0 radical (unpaired) electrons. The maximum absolute atomic E-state index is 4.97. The van der Waals surface area contributed by atoms with Crippen LogP contribution in [0.4, 0.5) is 5.82 Å². The molecule has 0 unspecified atom stereocenters. The van der Waals surface area contributed by atoms with Crippen LogP contribution in [-0.2, 0) is 12.5 Å². The number of piperazine rings is 1. The van der Waals surface area contributed by atoms with Crippen molar-refractivity contribution in [1.29, 1.82) is 0 Å². The molecule has 0 atom stereocenters. The summed E-state index contributed by atoms with van der Waals surface area (Å²) in [4.78, 5) is 23.3. The predicted molar refractivity (Wildman–Crippen MR) is 146 cm³/mol. The summed E-state index contributed by atoms with van der Waals surface area (Å²) in [7, 11) is 1.98. The van der Waals surface area contributed by atoms with Crippen LogP contribution in [0.15, 0.2) is 29.8 Å². The zero-order valence-corrected chi connectivity index (χ0v) is 23.2. The first-order valence-electron chi connectivity index (χ1n) is 12.5. The first kappa shape index (κ1) is 26.8. The van der Waals surface area contributed by atoms with E-state index < -0.39 is 0 Å². The van der Waals surface area contributed by atoms with Gasteiger partial charge < -0.3 is 9.47 Å². The Labute approximate surface area is 224 Å². The number of anilines is 1. The van der Waals surface area contributed by atoms with Crippen LogP contribution in [0, 0.1) is 0 Å². The summed E-state index contributed by atoms with van der Waals surface area (Å²) in [6.07, 6.45) is 8.71. The molecule has 1 aliphatic heterocycles. The molecule has 3 aromatic heterocycles. The summed E-state index contributed by atoms with van der Waals surface area (Å²) in [6.45, 7) is 11.9. The lowest BCUT2D eigenvalue weighted by molar-refractivity contribution is 0.258. The Kier molecular flexibility index (Phi) is 8.47. The lowest BCUT2D eigenvalue weighted by Crippen LogP contribution is -2.47. The minimum absolute atomic E-state index is 0. The van der Waals surface area contributed by atoms with Crippen LogP contribution in [0.5, 0.6) is 0 Å². The Balaban J connectivity index is 0.00000304. The molecule has 1 saturated heterocycles. The summed E-state index contributed by atoms with van der Waals surface area (Å²) in [6, 6.07) is 2.25. The highest BCUT2D eigenvalue weighted by molar-refractivity contribution is 7.99. The van der Waals surface area contributed by atoms with E-state index in [4.69, 9.17) is 9.97 Å². The summed E-state index contributed by atoms with van der Waals surface area (Å²) in [5.41, 5.74) is 1.96. The Morgan fingerprint density at radius 1 is 1.03 bits per heavy atom. The van der Waals surface area contributed by atoms with Crippen LogP contribution in [0.25, 0.3) is 11.5 Å². The van der Waals surface area contributed by atoms with E-state index in [1.165, 1.54) is 18.5 Å². The molecule has 2 aliphatic rings. The molecule has 0 aromatic carbocycles. The van der Waals surface area contributed by atoms with E-state index in [9.17, 15) is 0 Å². The molecule has 0 amide bonds. The first-order chi connectivity index (χ1) is 16.9. The summed E-state index contributed by atoms with van der Waals surface area (Å²) >= 11 is 1.75. The van der Waals surface area contributed by atoms with Crippen LogP contribution in [0.2, 0.25) is 0 Å². The van der Waals surface area contributed by atoms with Crippen molar-refractivity contribution in [3.63, 3.8) is 0 Å². The van der Waals surface area contributed by atoms with Gasteiger partial charge in [0.1, 0.15) is 17.3 Å². The van der Waals surface area contributed by atoms with Gasteiger partial charge >= 0.3 is 0 Å². The Morgan fingerprint density at radius 2 is 1.81 bits per heavy atom. The predicted octanol–water partition coefficient (Wildman–Crippen LogP) is 3.96. The molecule has 1 aliphatic carbocycles. The molecule has 4 heterocycles. The van der Waals surface area contributed by atoms with Crippen LogP contribution in [-0.4, -0.2) is 78.1 Å². The van der Waals surface area contributed by atoms with Crippen LogP contribution >= 0.6 is 24.2 Å². The minimum Gasteiger partial charge on any atom is -0.354 e. The summed E-state index contributed by atoms with van der Waals surface area (Å²) < 4.78 is 2.00. The smallest absolute Gasteiger partial charge is 0.191 e. The first-order valence-corrected chi connectivity index (χ1v) is 13.5. The molecule has 0 spiro atoms. The van der Waals surface area contributed by atoms with Gasteiger partial charge in [0.2, 0.25) is 0 Å². The Morgan fingerprint density at radius 3 is 2.47 bits per heavy atom. The van der Waals surface area contributed by atoms with E-state index in [1.807, 2.05) is 11.6 Å². The molecule has 0 N–H and O–H groups in total. The van der Waals surface area contributed by atoms with E-state index >= 15 is 0 Å². The van der Waals surface area contributed by atoms with Gasteiger partial charge in [-0.3, -0.25) is 9.88 Å². The molecule has 5 rings (SSSR count). The Bertz CT molecular complexity index is 1140. The lowest BCUT2D eigenvalue weighted by atomic mass is 9.95. The molecule has 194 valence electrons. The maximum Gasteiger partial charge on any atom is 0.191 e. The van der Waals surface area contributed by atoms with Gasteiger partial charge in [0.15, 0.2) is 11.0 Å². The van der Waals surface area contributed by atoms with Crippen molar-refractivity contribution in [3.8, 4) is 11.5 Å². The maximum atomic E-state index is 4.97. The van der Waals surface area contributed by atoms with E-state index in [0.717, 1.165) is 73.2 Å². The van der Waals surface area contributed by atoms with Crippen LogP contribution in [0.1, 0.15) is 57.5 Å². The highest BCUT2D eigenvalue weighted by atomic mass is 35.5. The number of aromatic nitrogens is 7. The summed E-state index contributed by atoms with van der Waals surface area (Å²) in [5.74, 6) is 4.49. The van der Waals surface area contributed by atoms with Crippen molar-refractivity contribution < 1.29 is 0 Å². The monoisotopic (exact) mass is 529 g/mol. The third kappa shape index (κ3) is 6.33. The molecule has 3 aromatic rings. The van der Waals surface area contributed by atoms with E-state index in [-0.39, 0.29) is 17.8 Å². The van der Waals surface area contributed by atoms with Gasteiger partial charge in [-0.25, -0.2) is 15.0 Å². The highest BCUT2D eigenvalue weighted by Gasteiger charge is 2.29. The van der Waals surface area contributed by atoms with Crippen LogP contribution in [0.3, 0.4) is 0 Å². The molecular weight excluding hydrogens is 494 g/mol. The molecule has 11 heteroatoms. The standard InChI is InChI=1S/C25H35N9S.ClH/c1-25(2,3)23-28-19(18-6-7-18)16-21(29-23)34-13-11-33(12-14-34)10-5-15-35-24-31-30-22(32(24)4)20-17-26-8-9-27-20;/h8-9,16-18H,5-7,10-15H2,1-4H3;1H. The number of hydrogen-bond donors (Lipinski definition) is 0. The van der Waals surface area contributed by atoms with Crippen molar-refractivity contribution in [2.75, 3.05) is 43.4 Å². The number of hydrogen-bond acceptors (Lipinski definition) is 9. The van der Waals surface area contributed by atoms with Crippen molar-refractivity contribution in [3.05, 3.63) is 36.2 Å². The molecule has 0 bridgehead atoms. The fourth-order valence-corrected chi connectivity index (χ4v) is 5.10. The van der Waals surface area contributed by atoms with E-state index in [1.54, 1.807) is 30.4 Å². The number of thioether (sulfide) groups is 1. The SMILES string of the molecule is Cl.Cn1c(SCCCN2CCN(c3cc(C4CC4)nc(C(C)(C)C)n3)CC2)nnc1-c1cnccn1. The second-order valence-electron chi connectivity index (χ2n) is 10.5. The van der Waals surface area contributed by atoms with Gasteiger partial charge in [-0.15, -0.1) is 22.6 Å². The molecule has 1 saturated carbocycles. The number of rotatable bonds is 8. The third-order valence-electron chi connectivity index (χ3n) is 6.57. The minimum atomic E-state index is -0.0306.